The molecule has 1 heterocycles. The maximum atomic E-state index is 11.9. The van der Waals surface area contributed by atoms with Gasteiger partial charge in [0.15, 0.2) is 11.4 Å². The van der Waals surface area contributed by atoms with Crippen LogP contribution in [0.5, 0.6) is 0 Å². The average molecular weight is 233 g/mol. The van der Waals surface area contributed by atoms with Gasteiger partial charge in [-0.2, -0.15) is 0 Å². The fourth-order valence-electron chi connectivity index (χ4n) is 0.875. The van der Waals surface area contributed by atoms with E-state index in [1.54, 1.807) is 6.26 Å². The number of alkyl halides is 2. The molecule has 0 radical (unpaired) electrons. The van der Waals surface area contributed by atoms with Gasteiger partial charge in [-0.1, -0.05) is 11.8 Å². The van der Waals surface area contributed by atoms with E-state index in [1.165, 1.54) is 18.0 Å². The molecule has 0 saturated carbocycles. The van der Waals surface area contributed by atoms with Gasteiger partial charge < -0.3 is 5.32 Å². The molecule has 0 saturated heterocycles. The van der Waals surface area contributed by atoms with Crippen molar-refractivity contribution in [2.45, 2.75) is 11.6 Å². The van der Waals surface area contributed by atoms with Crippen LogP contribution < -0.4 is 5.32 Å². The zero-order valence-electron chi connectivity index (χ0n) is 7.91. The molecule has 0 aliphatic rings. The minimum Gasteiger partial charge on any atom is -0.364 e. The van der Waals surface area contributed by atoms with Crippen LogP contribution in [0.1, 0.15) is 10.4 Å². The predicted molar refractivity (Wildman–Crippen MR) is 53.7 cm³/mol. The first-order chi connectivity index (χ1) is 7.17. The van der Waals surface area contributed by atoms with Crippen LogP contribution in [0.3, 0.4) is 0 Å². The second kappa shape index (κ2) is 5.59. The number of nitrogens with one attached hydrogen (secondary N) is 1. The second-order valence-electron chi connectivity index (χ2n) is 2.55. The highest BCUT2D eigenvalue weighted by atomic mass is 32.2. The van der Waals surface area contributed by atoms with Gasteiger partial charge in [0.1, 0.15) is 5.82 Å². The van der Waals surface area contributed by atoms with E-state index >= 15 is 0 Å². The Morgan fingerprint density at radius 1 is 1.67 bits per heavy atom. The van der Waals surface area contributed by atoms with Crippen molar-refractivity contribution in [1.82, 2.24) is 9.97 Å². The van der Waals surface area contributed by atoms with Gasteiger partial charge in [0.2, 0.25) is 0 Å². The van der Waals surface area contributed by atoms with Crippen LogP contribution in [0.25, 0.3) is 0 Å². The number of nitrogens with zero attached hydrogens (tertiary/aromatic N) is 2. The highest BCUT2D eigenvalue weighted by Crippen LogP contribution is 2.15. The summed E-state index contributed by atoms with van der Waals surface area (Å²) < 4.78 is 23.9. The summed E-state index contributed by atoms with van der Waals surface area (Å²) in [5.74, 6) is 0.143. The Labute approximate surface area is 89.5 Å². The van der Waals surface area contributed by atoms with E-state index in [-0.39, 0.29) is 11.4 Å². The molecule has 1 aromatic heterocycles. The van der Waals surface area contributed by atoms with Crippen LogP contribution in [0.2, 0.25) is 0 Å². The fourth-order valence-corrected chi connectivity index (χ4v) is 1.22. The van der Waals surface area contributed by atoms with Crippen molar-refractivity contribution in [2.24, 2.45) is 0 Å². The molecule has 1 N–H and O–H groups in total. The van der Waals surface area contributed by atoms with E-state index in [0.717, 1.165) is 0 Å². The molecule has 82 valence electrons. The molecule has 15 heavy (non-hydrogen) atoms. The number of carbonyl (C=O) groups is 1. The molecule has 1 rings (SSSR count). The number of aromatic nitrogens is 2. The number of hydrogen-bond acceptors (Lipinski definition) is 5. The third-order valence-electron chi connectivity index (χ3n) is 1.53. The summed E-state index contributed by atoms with van der Waals surface area (Å²) in [6.07, 6.45) is 1.10. The Bertz CT molecular complexity index is 349. The first-order valence-electron chi connectivity index (χ1n) is 4.05. The Balaban J connectivity index is 2.86. The lowest BCUT2D eigenvalue weighted by atomic mass is 10.3. The zero-order chi connectivity index (χ0) is 11.3. The monoisotopic (exact) mass is 233 g/mol. The molecule has 0 atom stereocenters. The summed E-state index contributed by atoms with van der Waals surface area (Å²) in [5.41, 5.74) is 0.174. The van der Waals surface area contributed by atoms with Crippen molar-refractivity contribution in [1.29, 1.82) is 0 Å². The molecule has 0 aliphatic heterocycles. The normalized spacial score (nSPS) is 10.4. The van der Waals surface area contributed by atoms with Crippen LogP contribution >= 0.6 is 11.8 Å². The molecule has 0 aromatic carbocycles. The minimum absolute atomic E-state index is 0.143. The van der Waals surface area contributed by atoms with Gasteiger partial charge in [-0.05, 0) is 6.26 Å². The highest BCUT2D eigenvalue weighted by Gasteiger charge is 2.08. The lowest BCUT2D eigenvalue weighted by Crippen LogP contribution is -2.13. The third kappa shape index (κ3) is 3.43. The Kier molecular flexibility index (Phi) is 4.41. The van der Waals surface area contributed by atoms with Crippen LogP contribution in [0, 0.1) is 0 Å². The van der Waals surface area contributed by atoms with Crippen LogP contribution in [-0.2, 0) is 0 Å². The maximum Gasteiger partial charge on any atom is 0.255 e. The molecule has 0 bridgehead atoms. The van der Waals surface area contributed by atoms with Gasteiger partial charge in [0, 0.05) is 6.20 Å². The SMILES string of the molecule is CSc1ncc(C=O)c(NCC(F)F)n1. The standard InChI is InChI=1S/C8H9F2N3OS/c1-15-8-12-2-5(4-14)7(13-8)11-3-6(9)10/h2,4,6H,3H2,1H3,(H,11,12,13). The van der Waals surface area contributed by atoms with Crippen molar-refractivity contribution in [3.8, 4) is 0 Å². The van der Waals surface area contributed by atoms with Crippen molar-refractivity contribution < 1.29 is 13.6 Å². The van der Waals surface area contributed by atoms with E-state index in [9.17, 15) is 13.6 Å². The first-order valence-corrected chi connectivity index (χ1v) is 5.28. The van der Waals surface area contributed by atoms with E-state index in [4.69, 9.17) is 0 Å². The molecular formula is C8H9F2N3OS. The fraction of sp³-hybridized carbons (Fsp3) is 0.375. The van der Waals surface area contributed by atoms with Crippen LogP contribution in [-0.4, -0.2) is 35.5 Å². The maximum absolute atomic E-state index is 11.9. The van der Waals surface area contributed by atoms with E-state index in [0.29, 0.717) is 11.4 Å². The van der Waals surface area contributed by atoms with Gasteiger partial charge in [-0.3, -0.25) is 4.79 Å². The molecule has 1 aromatic rings. The number of rotatable bonds is 5. The van der Waals surface area contributed by atoms with Crippen molar-refractivity contribution in [2.75, 3.05) is 18.1 Å². The number of thioether (sulfide) groups is 1. The number of hydrogen-bond donors (Lipinski definition) is 1. The molecule has 0 spiro atoms. The van der Waals surface area contributed by atoms with Crippen molar-refractivity contribution in [3.63, 3.8) is 0 Å². The summed E-state index contributed by atoms with van der Waals surface area (Å²) in [6, 6.07) is 0. The minimum atomic E-state index is -2.49. The van der Waals surface area contributed by atoms with Crippen molar-refractivity contribution in [3.05, 3.63) is 11.8 Å². The van der Waals surface area contributed by atoms with E-state index in [1.807, 2.05) is 0 Å². The number of anilines is 1. The quantitative estimate of drug-likeness (QED) is 0.476. The molecule has 4 nitrogen and oxygen atoms in total. The summed E-state index contributed by atoms with van der Waals surface area (Å²) >= 11 is 1.27. The average Bonchev–Trinajstić information content (AvgIpc) is 2.25. The smallest absolute Gasteiger partial charge is 0.255 e. The molecule has 0 unspecified atom stereocenters. The van der Waals surface area contributed by atoms with Gasteiger partial charge >= 0.3 is 0 Å². The third-order valence-corrected chi connectivity index (χ3v) is 2.09. The second-order valence-corrected chi connectivity index (χ2v) is 3.32. The van der Waals surface area contributed by atoms with E-state index < -0.39 is 13.0 Å². The summed E-state index contributed by atoms with van der Waals surface area (Å²) in [4.78, 5) is 18.3. The predicted octanol–water partition coefficient (Wildman–Crippen LogP) is 1.69. The van der Waals surface area contributed by atoms with Gasteiger partial charge in [-0.15, -0.1) is 0 Å². The summed E-state index contributed by atoms with van der Waals surface area (Å²) in [5, 5.41) is 2.82. The molecule has 0 amide bonds. The van der Waals surface area contributed by atoms with Gasteiger partial charge in [-0.25, -0.2) is 18.7 Å². The Morgan fingerprint density at radius 3 is 2.93 bits per heavy atom. The summed E-state index contributed by atoms with van der Waals surface area (Å²) in [7, 11) is 0. The topological polar surface area (TPSA) is 54.9 Å². The Morgan fingerprint density at radius 2 is 2.40 bits per heavy atom. The van der Waals surface area contributed by atoms with Gasteiger partial charge in [0.05, 0.1) is 12.1 Å². The number of carbonyl (C=O) groups excluding carboxylic acids is 1. The Hall–Kier alpha value is -1.24. The lowest BCUT2D eigenvalue weighted by Gasteiger charge is -2.07. The molecular weight excluding hydrogens is 224 g/mol. The van der Waals surface area contributed by atoms with Crippen LogP contribution in [0.15, 0.2) is 11.4 Å². The number of halogens is 2. The van der Waals surface area contributed by atoms with Gasteiger partial charge in [0.25, 0.3) is 6.43 Å². The van der Waals surface area contributed by atoms with Crippen molar-refractivity contribution >= 4 is 23.9 Å². The van der Waals surface area contributed by atoms with Crippen LogP contribution in [0.4, 0.5) is 14.6 Å². The lowest BCUT2D eigenvalue weighted by molar-refractivity contribution is 0.112. The highest BCUT2D eigenvalue weighted by molar-refractivity contribution is 7.98. The molecule has 0 aliphatic carbocycles. The summed E-state index contributed by atoms with van der Waals surface area (Å²) in [6.45, 7) is -0.536. The first kappa shape index (κ1) is 11.8. The molecule has 0 fully saturated rings. The van der Waals surface area contributed by atoms with E-state index in [2.05, 4.69) is 15.3 Å². The zero-order valence-corrected chi connectivity index (χ0v) is 8.72. The number of aldehydes is 1. The largest absolute Gasteiger partial charge is 0.364 e. The molecule has 7 heteroatoms.